The first-order chi connectivity index (χ1) is 13.8. The predicted octanol–water partition coefficient (Wildman–Crippen LogP) is 3.13. The van der Waals surface area contributed by atoms with E-state index in [1.54, 1.807) is 11.0 Å². The molecule has 29 heavy (non-hydrogen) atoms. The average Bonchev–Trinajstić information content (AvgIpc) is 3.29. The minimum Gasteiger partial charge on any atom is -0.363 e. The zero-order chi connectivity index (χ0) is 20.6. The van der Waals surface area contributed by atoms with Gasteiger partial charge in [0, 0.05) is 42.4 Å². The van der Waals surface area contributed by atoms with E-state index in [1.807, 2.05) is 12.1 Å². The second-order valence-electron chi connectivity index (χ2n) is 8.07. The van der Waals surface area contributed by atoms with Crippen molar-refractivity contribution in [3.05, 3.63) is 51.8 Å². The fourth-order valence-electron chi connectivity index (χ4n) is 4.43. The van der Waals surface area contributed by atoms with Crippen LogP contribution in [0.2, 0.25) is 10.0 Å². The van der Waals surface area contributed by atoms with Crippen LogP contribution in [0.15, 0.2) is 30.5 Å². The highest BCUT2D eigenvalue weighted by Gasteiger charge is 2.41. The Balaban J connectivity index is 1.33. The summed E-state index contributed by atoms with van der Waals surface area (Å²) in [4.78, 5) is 16.9. The number of likely N-dealkylation sites (tertiary alicyclic amines) is 2. The van der Waals surface area contributed by atoms with Crippen molar-refractivity contribution in [2.24, 2.45) is 5.41 Å². The van der Waals surface area contributed by atoms with Gasteiger partial charge < -0.3 is 15.1 Å². The molecule has 2 aliphatic rings. The molecule has 2 aromatic rings. The summed E-state index contributed by atoms with van der Waals surface area (Å²) in [5, 5.41) is 23.6. The Morgan fingerprint density at radius 1 is 1.10 bits per heavy atom. The number of piperidine rings is 1. The molecule has 0 atom stereocenters. The van der Waals surface area contributed by atoms with Gasteiger partial charge in [-0.1, -0.05) is 23.2 Å². The van der Waals surface area contributed by atoms with E-state index in [4.69, 9.17) is 33.4 Å². The molecule has 2 saturated heterocycles. The molecule has 0 bridgehead atoms. The lowest BCUT2D eigenvalue weighted by atomic mass is 9.78. The van der Waals surface area contributed by atoms with Crippen LogP contribution in [0.1, 0.15) is 36.8 Å². The van der Waals surface area contributed by atoms with Crippen molar-refractivity contribution in [2.75, 3.05) is 26.2 Å². The molecule has 2 N–H and O–H groups in total. The first-order valence-electron chi connectivity index (χ1n) is 9.72. The van der Waals surface area contributed by atoms with Gasteiger partial charge in [0.05, 0.1) is 0 Å². The second kappa shape index (κ2) is 8.24. The summed E-state index contributed by atoms with van der Waals surface area (Å²) < 4.78 is 1.18. The summed E-state index contributed by atoms with van der Waals surface area (Å²) in [5.74, 6) is 0. The van der Waals surface area contributed by atoms with Gasteiger partial charge in [0.1, 0.15) is 5.69 Å². The van der Waals surface area contributed by atoms with Crippen molar-refractivity contribution in [3.63, 3.8) is 0 Å². The van der Waals surface area contributed by atoms with Crippen molar-refractivity contribution in [2.45, 2.75) is 32.1 Å². The zero-order valence-corrected chi connectivity index (χ0v) is 17.5. The molecule has 4 rings (SSSR count). The highest BCUT2D eigenvalue weighted by molar-refractivity contribution is 6.34. The van der Waals surface area contributed by atoms with E-state index in [2.05, 4.69) is 10.00 Å². The summed E-state index contributed by atoms with van der Waals surface area (Å²) in [5.41, 5.74) is 1.42. The molecule has 2 fully saturated rings. The SMILES string of the molecule is O=C(N1CCC2(CCN(Cc3cc(Cl)cc(Cl)c3)C2)CC1)n1ccc(C(O)O)n1. The number of carbonyl (C=O) groups excluding carboxylic acids is 1. The molecule has 9 heteroatoms. The third-order valence-corrected chi connectivity index (χ3v) is 6.45. The lowest BCUT2D eigenvalue weighted by molar-refractivity contribution is -0.0460. The normalized spacial score (nSPS) is 19.4. The Bertz CT molecular complexity index is 873. The van der Waals surface area contributed by atoms with Gasteiger partial charge in [0.25, 0.3) is 0 Å². The number of hydrogen-bond donors (Lipinski definition) is 2. The maximum Gasteiger partial charge on any atom is 0.344 e. The lowest BCUT2D eigenvalue weighted by Gasteiger charge is -2.39. The van der Waals surface area contributed by atoms with Crippen LogP contribution in [0.25, 0.3) is 0 Å². The van der Waals surface area contributed by atoms with Crippen LogP contribution in [0.5, 0.6) is 0 Å². The minimum absolute atomic E-state index is 0.0689. The number of halogens is 2. The highest BCUT2D eigenvalue weighted by Crippen LogP contribution is 2.41. The molecule has 0 radical (unpaired) electrons. The van der Waals surface area contributed by atoms with Crippen molar-refractivity contribution in [1.82, 2.24) is 19.6 Å². The Morgan fingerprint density at radius 2 is 1.76 bits per heavy atom. The summed E-state index contributed by atoms with van der Waals surface area (Å²) >= 11 is 12.2. The van der Waals surface area contributed by atoms with E-state index in [-0.39, 0.29) is 17.1 Å². The number of aliphatic hydroxyl groups excluding tert-OH is 1. The van der Waals surface area contributed by atoms with Crippen molar-refractivity contribution < 1.29 is 15.0 Å². The molecule has 3 heterocycles. The number of rotatable bonds is 3. The molecular formula is C20H24Cl2N4O3. The molecule has 1 aromatic carbocycles. The van der Waals surface area contributed by atoms with Gasteiger partial charge in [-0.3, -0.25) is 4.90 Å². The molecular weight excluding hydrogens is 415 g/mol. The zero-order valence-electron chi connectivity index (χ0n) is 16.0. The van der Waals surface area contributed by atoms with Crippen LogP contribution in [0.3, 0.4) is 0 Å². The number of carbonyl (C=O) groups is 1. The largest absolute Gasteiger partial charge is 0.363 e. The maximum absolute atomic E-state index is 12.6. The van der Waals surface area contributed by atoms with E-state index in [1.165, 1.54) is 16.9 Å². The fraction of sp³-hybridized carbons (Fsp3) is 0.500. The average molecular weight is 439 g/mol. The maximum atomic E-state index is 12.6. The highest BCUT2D eigenvalue weighted by atomic mass is 35.5. The van der Waals surface area contributed by atoms with Crippen LogP contribution in [-0.4, -0.2) is 62.0 Å². The van der Waals surface area contributed by atoms with Crippen molar-refractivity contribution >= 4 is 29.2 Å². The number of amides is 1. The first-order valence-corrected chi connectivity index (χ1v) is 10.5. The molecule has 156 valence electrons. The Morgan fingerprint density at radius 3 is 2.38 bits per heavy atom. The quantitative estimate of drug-likeness (QED) is 0.719. The second-order valence-corrected chi connectivity index (χ2v) is 8.94. The van der Waals surface area contributed by atoms with Gasteiger partial charge in [0.15, 0.2) is 6.29 Å². The third kappa shape index (κ3) is 4.59. The third-order valence-electron chi connectivity index (χ3n) is 6.01. The minimum atomic E-state index is -1.67. The summed E-state index contributed by atoms with van der Waals surface area (Å²) in [6.45, 7) is 4.19. The van der Waals surface area contributed by atoms with Gasteiger partial charge in [-0.25, -0.2) is 4.79 Å². The topological polar surface area (TPSA) is 81.8 Å². The predicted molar refractivity (Wildman–Crippen MR) is 110 cm³/mol. The summed E-state index contributed by atoms with van der Waals surface area (Å²) in [6, 6.07) is 6.87. The first kappa shape index (κ1) is 20.6. The van der Waals surface area contributed by atoms with Crippen LogP contribution in [0.4, 0.5) is 4.79 Å². The van der Waals surface area contributed by atoms with Crippen molar-refractivity contribution in [3.8, 4) is 0 Å². The van der Waals surface area contributed by atoms with Gasteiger partial charge in [0.2, 0.25) is 0 Å². The van der Waals surface area contributed by atoms with Crippen LogP contribution in [0, 0.1) is 5.41 Å². The van der Waals surface area contributed by atoms with Crippen molar-refractivity contribution in [1.29, 1.82) is 0 Å². The van der Waals surface area contributed by atoms with Gasteiger partial charge in [-0.2, -0.15) is 9.78 Å². The number of benzene rings is 1. The van der Waals surface area contributed by atoms with E-state index < -0.39 is 6.29 Å². The Labute approximate surface area is 179 Å². The summed E-state index contributed by atoms with van der Waals surface area (Å²) in [7, 11) is 0. The molecule has 0 aliphatic carbocycles. The lowest BCUT2D eigenvalue weighted by Crippen LogP contribution is -2.45. The number of nitrogens with zero attached hydrogens (tertiary/aromatic N) is 4. The molecule has 1 spiro atoms. The van der Waals surface area contributed by atoms with E-state index in [0.717, 1.165) is 44.5 Å². The van der Waals surface area contributed by atoms with E-state index >= 15 is 0 Å². The van der Waals surface area contributed by atoms with E-state index in [0.29, 0.717) is 23.1 Å². The summed E-state index contributed by atoms with van der Waals surface area (Å²) in [6.07, 6.45) is 2.80. The van der Waals surface area contributed by atoms with Crippen LogP contribution >= 0.6 is 23.2 Å². The molecule has 1 amide bonds. The fourth-order valence-corrected chi connectivity index (χ4v) is 5.00. The van der Waals surface area contributed by atoms with Gasteiger partial charge in [-0.15, -0.1) is 0 Å². The Kier molecular flexibility index (Phi) is 5.86. The smallest absolute Gasteiger partial charge is 0.344 e. The Hall–Kier alpha value is -1.64. The number of aliphatic hydroxyl groups is 2. The molecule has 0 saturated carbocycles. The van der Waals surface area contributed by atoms with Crippen LogP contribution in [-0.2, 0) is 6.54 Å². The molecule has 1 aromatic heterocycles. The van der Waals surface area contributed by atoms with Gasteiger partial charge >= 0.3 is 6.03 Å². The monoisotopic (exact) mass is 438 g/mol. The molecule has 7 nitrogen and oxygen atoms in total. The van der Waals surface area contributed by atoms with Crippen LogP contribution < -0.4 is 0 Å². The number of hydrogen-bond acceptors (Lipinski definition) is 5. The van der Waals surface area contributed by atoms with Gasteiger partial charge in [-0.05, 0) is 61.1 Å². The standard InChI is InChI=1S/C20H24Cl2N4O3/c21-15-9-14(10-16(22)11-15)12-24-6-2-20(13-24)3-7-25(8-4-20)19(29)26-5-1-17(23-26)18(27)28/h1,5,9-11,18,27-28H,2-4,6-8,12-13H2. The molecule has 2 aliphatic heterocycles. The van der Waals surface area contributed by atoms with E-state index in [9.17, 15) is 4.79 Å². The number of aromatic nitrogens is 2. The molecule has 0 unspecified atom stereocenters.